The van der Waals surface area contributed by atoms with Crippen LogP contribution in [0.1, 0.15) is 30.0 Å². The number of aryl methyl sites for hydroxylation is 2. The number of hydrogen-bond donors (Lipinski definition) is 2. The fourth-order valence-corrected chi connectivity index (χ4v) is 1.90. The van der Waals surface area contributed by atoms with Crippen LogP contribution in [0.15, 0.2) is 18.2 Å². The number of aliphatic hydroxyl groups excluding tert-OH is 1. The van der Waals surface area contributed by atoms with Crippen molar-refractivity contribution < 1.29 is 9.90 Å². The molecule has 0 aliphatic carbocycles. The largest absolute Gasteiger partial charge is 0.391 e. The summed E-state index contributed by atoms with van der Waals surface area (Å²) >= 11 is 0. The number of nitrogens with one attached hydrogen (secondary N) is 1. The molecule has 0 fully saturated rings. The SMILES string of the molecule is CC(=O)CC(O)CNCc1c(C)cccc1C. The van der Waals surface area contributed by atoms with Gasteiger partial charge < -0.3 is 10.4 Å². The van der Waals surface area contributed by atoms with Gasteiger partial charge in [-0.1, -0.05) is 18.2 Å². The molecule has 0 amide bonds. The second-order valence-electron chi connectivity index (χ2n) is 4.56. The highest BCUT2D eigenvalue weighted by Gasteiger charge is 2.07. The minimum atomic E-state index is -0.586. The standard InChI is InChI=1S/C14H21NO2/c1-10-5-4-6-11(2)14(10)9-15-8-13(17)7-12(3)16/h4-6,13,15,17H,7-9H2,1-3H3. The Hall–Kier alpha value is -1.19. The first-order chi connectivity index (χ1) is 8.00. The topological polar surface area (TPSA) is 49.3 Å². The molecule has 3 nitrogen and oxygen atoms in total. The average molecular weight is 235 g/mol. The van der Waals surface area contributed by atoms with Gasteiger partial charge >= 0.3 is 0 Å². The Kier molecular flexibility index (Phi) is 5.32. The molecule has 17 heavy (non-hydrogen) atoms. The first-order valence-electron chi connectivity index (χ1n) is 5.94. The molecule has 0 bridgehead atoms. The highest BCUT2D eigenvalue weighted by atomic mass is 16.3. The van der Waals surface area contributed by atoms with Crippen molar-refractivity contribution in [2.75, 3.05) is 6.54 Å². The Morgan fingerprint density at radius 1 is 1.35 bits per heavy atom. The molecular weight excluding hydrogens is 214 g/mol. The molecule has 1 rings (SSSR count). The van der Waals surface area contributed by atoms with E-state index in [4.69, 9.17) is 0 Å². The van der Waals surface area contributed by atoms with E-state index in [0.717, 1.165) is 6.54 Å². The summed E-state index contributed by atoms with van der Waals surface area (Å²) in [6.07, 6.45) is -0.364. The molecule has 1 atom stereocenters. The smallest absolute Gasteiger partial charge is 0.132 e. The molecule has 0 spiro atoms. The lowest BCUT2D eigenvalue weighted by molar-refractivity contribution is -0.118. The van der Waals surface area contributed by atoms with Crippen molar-refractivity contribution in [3.63, 3.8) is 0 Å². The minimum absolute atomic E-state index is 0.0198. The quantitative estimate of drug-likeness (QED) is 0.789. The van der Waals surface area contributed by atoms with Crippen molar-refractivity contribution >= 4 is 5.78 Å². The third kappa shape index (κ3) is 4.67. The summed E-state index contributed by atoms with van der Waals surface area (Å²) in [6.45, 7) is 6.83. The number of aliphatic hydroxyl groups is 1. The minimum Gasteiger partial charge on any atom is -0.391 e. The van der Waals surface area contributed by atoms with Gasteiger partial charge in [0.25, 0.3) is 0 Å². The van der Waals surface area contributed by atoms with E-state index in [2.05, 4.69) is 31.3 Å². The third-order valence-corrected chi connectivity index (χ3v) is 2.85. The van der Waals surface area contributed by atoms with Crippen molar-refractivity contribution in [1.82, 2.24) is 5.32 Å². The van der Waals surface area contributed by atoms with Crippen LogP contribution in [0.25, 0.3) is 0 Å². The number of carbonyl (C=O) groups is 1. The molecule has 1 unspecified atom stereocenters. The molecule has 0 radical (unpaired) electrons. The Bertz CT molecular complexity index is 368. The Balaban J connectivity index is 2.43. The van der Waals surface area contributed by atoms with E-state index in [1.807, 2.05) is 6.07 Å². The van der Waals surface area contributed by atoms with Crippen LogP contribution in [0.4, 0.5) is 0 Å². The van der Waals surface area contributed by atoms with Gasteiger partial charge in [0.05, 0.1) is 6.10 Å². The van der Waals surface area contributed by atoms with Crippen molar-refractivity contribution in [2.45, 2.75) is 39.8 Å². The highest BCUT2D eigenvalue weighted by Crippen LogP contribution is 2.12. The van der Waals surface area contributed by atoms with Gasteiger partial charge in [-0.2, -0.15) is 0 Å². The van der Waals surface area contributed by atoms with Crippen LogP contribution in [-0.4, -0.2) is 23.5 Å². The van der Waals surface area contributed by atoms with E-state index in [0.29, 0.717) is 6.54 Å². The van der Waals surface area contributed by atoms with Crippen molar-refractivity contribution in [2.24, 2.45) is 0 Å². The number of benzene rings is 1. The second kappa shape index (κ2) is 6.52. The molecule has 1 aromatic rings. The lowest BCUT2D eigenvalue weighted by atomic mass is 10.0. The van der Waals surface area contributed by atoms with Gasteiger partial charge in [0.2, 0.25) is 0 Å². The summed E-state index contributed by atoms with van der Waals surface area (Å²) in [7, 11) is 0. The van der Waals surface area contributed by atoms with Crippen molar-refractivity contribution in [3.05, 3.63) is 34.9 Å². The summed E-state index contributed by atoms with van der Waals surface area (Å²) in [4.78, 5) is 10.8. The molecular formula is C14H21NO2. The molecule has 0 aromatic heterocycles. The van der Waals surface area contributed by atoms with Gasteiger partial charge in [-0.25, -0.2) is 0 Å². The molecule has 0 aliphatic heterocycles. The van der Waals surface area contributed by atoms with Gasteiger partial charge in [-0.05, 0) is 37.5 Å². The number of rotatable bonds is 6. The summed E-state index contributed by atoms with van der Waals surface area (Å²) in [5, 5.41) is 12.7. The predicted molar refractivity (Wildman–Crippen MR) is 68.9 cm³/mol. The lowest BCUT2D eigenvalue weighted by Gasteiger charge is -2.13. The predicted octanol–water partition coefficient (Wildman–Crippen LogP) is 1.73. The zero-order chi connectivity index (χ0) is 12.8. The van der Waals surface area contributed by atoms with Crippen molar-refractivity contribution in [1.29, 1.82) is 0 Å². The zero-order valence-corrected chi connectivity index (χ0v) is 10.8. The molecule has 0 heterocycles. The molecule has 2 N–H and O–H groups in total. The maximum Gasteiger partial charge on any atom is 0.132 e. The average Bonchev–Trinajstić information content (AvgIpc) is 2.21. The van der Waals surface area contributed by atoms with E-state index < -0.39 is 6.10 Å². The second-order valence-corrected chi connectivity index (χ2v) is 4.56. The molecule has 94 valence electrons. The number of hydrogen-bond acceptors (Lipinski definition) is 3. The summed E-state index contributed by atoms with van der Waals surface area (Å²) in [6, 6.07) is 6.20. The van der Waals surface area contributed by atoms with Gasteiger partial charge in [0.15, 0.2) is 0 Å². The van der Waals surface area contributed by atoms with E-state index in [1.165, 1.54) is 23.6 Å². The maximum atomic E-state index is 10.8. The zero-order valence-electron chi connectivity index (χ0n) is 10.8. The van der Waals surface area contributed by atoms with Crippen LogP contribution < -0.4 is 5.32 Å². The normalized spacial score (nSPS) is 12.5. The summed E-state index contributed by atoms with van der Waals surface area (Å²) in [5.41, 5.74) is 3.76. The summed E-state index contributed by atoms with van der Waals surface area (Å²) in [5.74, 6) is 0.0198. The summed E-state index contributed by atoms with van der Waals surface area (Å²) < 4.78 is 0. The van der Waals surface area contributed by atoms with Crippen LogP contribution >= 0.6 is 0 Å². The number of Topliss-reactive ketones (excluding diaryl/α,β-unsaturated/α-hetero) is 1. The first-order valence-corrected chi connectivity index (χ1v) is 5.94. The van der Waals surface area contributed by atoms with Crippen LogP contribution in [0.5, 0.6) is 0 Å². The van der Waals surface area contributed by atoms with E-state index in [-0.39, 0.29) is 12.2 Å². The molecule has 0 aliphatic rings. The Morgan fingerprint density at radius 3 is 2.47 bits per heavy atom. The number of ketones is 1. The van der Waals surface area contributed by atoms with E-state index in [1.54, 1.807) is 0 Å². The lowest BCUT2D eigenvalue weighted by Crippen LogP contribution is -2.28. The fourth-order valence-electron chi connectivity index (χ4n) is 1.90. The Morgan fingerprint density at radius 2 is 1.94 bits per heavy atom. The van der Waals surface area contributed by atoms with E-state index >= 15 is 0 Å². The maximum absolute atomic E-state index is 10.8. The van der Waals surface area contributed by atoms with Crippen molar-refractivity contribution in [3.8, 4) is 0 Å². The van der Waals surface area contributed by atoms with Gasteiger partial charge in [0, 0.05) is 19.5 Å². The van der Waals surface area contributed by atoms with Gasteiger partial charge in [0.1, 0.15) is 5.78 Å². The fraction of sp³-hybridized carbons (Fsp3) is 0.500. The van der Waals surface area contributed by atoms with Gasteiger partial charge in [-0.15, -0.1) is 0 Å². The third-order valence-electron chi connectivity index (χ3n) is 2.85. The number of carbonyl (C=O) groups excluding carboxylic acids is 1. The van der Waals surface area contributed by atoms with Crippen LogP contribution in [0, 0.1) is 13.8 Å². The highest BCUT2D eigenvalue weighted by molar-refractivity contribution is 5.75. The first kappa shape index (κ1) is 13.9. The van der Waals surface area contributed by atoms with Crippen LogP contribution in [0.2, 0.25) is 0 Å². The monoisotopic (exact) mass is 235 g/mol. The van der Waals surface area contributed by atoms with E-state index in [9.17, 15) is 9.90 Å². The molecule has 0 saturated heterocycles. The Labute approximate surface area is 103 Å². The van der Waals surface area contributed by atoms with Gasteiger partial charge in [-0.3, -0.25) is 4.79 Å². The van der Waals surface area contributed by atoms with Crippen LogP contribution in [-0.2, 0) is 11.3 Å². The molecule has 1 aromatic carbocycles. The molecule has 0 saturated carbocycles. The van der Waals surface area contributed by atoms with Crippen LogP contribution in [0.3, 0.4) is 0 Å². The molecule has 3 heteroatoms.